The molecule has 1 heterocycles. The summed E-state index contributed by atoms with van der Waals surface area (Å²) in [6, 6.07) is 8.88. The van der Waals surface area contributed by atoms with Crippen molar-refractivity contribution < 1.29 is 9.53 Å². The van der Waals surface area contributed by atoms with E-state index in [0.717, 1.165) is 5.56 Å². The number of nitrogen functional groups attached to an aromatic ring is 3. The van der Waals surface area contributed by atoms with Crippen LogP contribution in [-0.2, 0) is 4.79 Å². The summed E-state index contributed by atoms with van der Waals surface area (Å²) < 4.78 is 5.86. The van der Waals surface area contributed by atoms with Crippen LogP contribution in [-0.4, -0.2) is 10.9 Å². The summed E-state index contributed by atoms with van der Waals surface area (Å²) in [7, 11) is 0. The SMILES string of the molecule is CC(=O)Nc1cccc(C(C)Oc2cc(N)nc(NN)c2N)c1. The van der Waals surface area contributed by atoms with E-state index in [2.05, 4.69) is 15.7 Å². The molecule has 0 bridgehead atoms. The Labute approximate surface area is 134 Å². The normalized spacial score (nSPS) is 11.6. The van der Waals surface area contributed by atoms with Gasteiger partial charge in [-0.3, -0.25) is 4.79 Å². The lowest BCUT2D eigenvalue weighted by Crippen LogP contribution is -2.14. The lowest BCUT2D eigenvalue weighted by atomic mass is 10.1. The molecule has 1 amide bonds. The Kier molecular flexibility index (Phi) is 4.87. The van der Waals surface area contributed by atoms with Gasteiger partial charge in [0.15, 0.2) is 11.6 Å². The van der Waals surface area contributed by atoms with Gasteiger partial charge in [0.25, 0.3) is 0 Å². The second-order valence-electron chi connectivity index (χ2n) is 5.02. The fraction of sp³-hybridized carbons (Fsp3) is 0.200. The van der Waals surface area contributed by atoms with Crippen LogP contribution in [0.25, 0.3) is 0 Å². The van der Waals surface area contributed by atoms with E-state index >= 15 is 0 Å². The molecule has 0 radical (unpaired) electrons. The second kappa shape index (κ2) is 6.84. The molecule has 0 saturated carbocycles. The molecule has 0 spiro atoms. The van der Waals surface area contributed by atoms with Crippen LogP contribution in [0.2, 0.25) is 0 Å². The number of nitrogens with one attached hydrogen (secondary N) is 2. The van der Waals surface area contributed by atoms with Crippen molar-refractivity contribution in [2.45, 2.75) is 20.0 Å². The fourth-order valence-corrected chi connectivity index (χ4v) is 2.09. The van der Waals surface area contributed by atoms with Crippen molar-refractivity contribution in [2.24, 2.45) is 5.84 Å². The van der Waals surface area contributed by atoms with Crippen LogP contribution >= 0.6 is 0 Å². The average Bonchev–Trinajstić information content (AvgIpc) is 2.50. The molecule has 8 heteroatoms. The van der Waals surface area contributed by atoms with Crippen molar-refractivity contribution in [1.29, 1.82) is 0 Å². The average molecular weight is 316 g/mol. The number of nitrogens with two attached hydrogens (primary N) is 3. The second-order valence-corrected chi connectivity index (χ2v) is 5.02. The van der Waals surface area contributed by atoms with Crippen LogP contribution < -0.4 is 32.8 Å². The molecule has 23 heavy (non-hydrogen) atoms. The maximum atomic E-state index is 11.1. The molecule has 0 saturated heterocycles. The molecule has 0 fully saturated rings. The third-order valence-electron chi connectivity index (χ3n) is 3.16. The molecule has 1 aromatic carbocycles. The number of aromatic nitrogens is 1. The highest BCUT2D eigenvalue weighted by atomic mass is 16.5. The first-order chi connectivity index (χ1) is 10.9. The first kappa shape index (κ1) is 16.4. The summed E-state index contributed by atoms with van der Waals surface area (Å²) in [5.41, 5.74) is 15.9. The monoisotopic (exact) mass is 316 g/mol. The number of pyridine rings is 1. The Bertz CT molecular complexity index is 719. The van der Waals surface area contributed by atoms with Gasteiger partial charge in [0, 0.05) is 18.7 Å². The third kappa shape index (κ3) is 4.01. The number of rotatable bonds is 5. The number of benzene rings is 1. The van der Waals surface area contributed by atoms with Crippen LogP contribution in [0.4, 0.5) is 23.0 Å². The highest BCUT2D eigenvalue weighted by Crippen LogP contribution is 2.33. The van der Waals surface area contributed by atoms with Crippen molar-refractivity contribution in [2.75, 3.05) is 22.2 Å². The molecule has 0 aliphatic heterocycles. The van der Waals surface area contributed by atoms with Gasteiger partial charge in [-0.25, -0.2) is 10.8 Å². The van der Waals surface area contributed by atoms with Crippen molar-refractivity contribution in [3.8, 4) is 5.75 Å². The van der Waals surface area contributed by atoms with E-state index < -0.39 is 0 Å². The van der Waals surface area contributed by atoms with Crippen molar-refractivity contribution >= 4 is 28.9 Å². The Hall–Kier alpha value is -3.00. The van der Waals surface area contributed by atoms with E-state index in [1.807, 2.05) is 25.1 Å². The summed E-state index contributed by atoms with van der Waals surface area (Å²) in [6.45, 7) is 3.31. The van der Waals surface area contributed by atoms with Gasteiger partial charge >= 0.3 is 0 Å². The van der Waals surface area contributed by atoms with Gasteiger partial charge in [-0.1, -0.05) is 12.1 Å². The smallest absolute Gasteiger partial charge is 0.221 e. The summed E-state index contributed by atoms with van der Waals surface area (Å²) in [5.74, 6) is 6.08. The lowest BCUT2D eigenvalue weighted by molar-refractivity contribution is -0.114. The van der Waals surface area contributed by atoms with E-state index in [0.29, 0.717) is 11.4 Å². The summed E-state index contributed by atoms with van der Waals surface area (Å²) in [5, 5.41) is 2.73. The molecule has 2 aromatic rings. The van der Waals surface area contributed by atoms with Gasteiger partial charge < -0.3 is 26.9 Å². The maximum Gasteiger partial charge on any atom is 0.221 e. The topological polar surface area (TPSA) is 141 Å². The van der Waals surface area contributed by atoms with E-state index in [9.17, 15) is 4.79 Å². The number of hydrogen-bond acceptors (Lipinski definition) is 7. The predicted molar refractivity (Wildman–Crippen MR) is 90.7 cm³/mol. The highest BCUT2D eigenvalue weighted by molar-refractivity contribution is 5.88. The minimum absolute atomic E-state index is 0.138. The van der Waals surface area contributed by atoms with E-state index in [1.54, 1.807) is 6.07 Å². The van der Waals surface area contributed by atoms with Gasteiger partial charge in [-0.15, -0.1) is 0 Å². The molecule has 122 valence electrons. The zero-order chi connectivity index (χ0) is 17.0. The van der Waals surface area contributed by atoms with E-state index in [-0.39, 0.29) is 29.3 Å². The van der Waals surface area contributed by atoms with Crippen LogP contribution in [0.15, 0.2) is 30.3 Å². The molecular weight excluding hydrogens is 296 g/mol. The number of amides is 1. The van der Waals surface area contributed by atoms with Crippen LogP contribution in [0.5, 0.6) is 5.75 Å². The number of nitrogens with zero attached hydrogens (tertiary/aromatic N) is 1. The van der Waals surface area contributed by atoms with Gasteiger partial charge in [-0.05, 0) is 24.6 Å². The van der Waals surface area contributed by atoms with Gasteiger partial charge in [0.05, 0.1) is 0 Å². The fourth-order valence-electron chi connectivity index (χ4n) is 2.09. The number of ether oxygens (including phenoxy) is 1. The van der Waals surface area contributed by atoms with Gasteiger partial charge in [0.2, 0.25) is 5.91 Å². The quantitative estimate of drug-likeness (QED) is 0.417. The molecule has 0 aliphatic carbocycles. The Balaban J connectivity index is 2.24. The molecule has 0 aliphatic rings. The first-order valence-electron chi connectivity index (χ1n) is 6.97. The van der Waals surface area contributed by atoms with Gasteiger partial charge in [0.1, 0.15) is 17.6 Å². The number of carbonyl (C=O) groups is 1. The van der Waals surface area contributed by atoms with Crippen molar-refractivity contribution in [1.82, 2.24) is 4.98 Å². The highest BCUT2D eigenvalue weighted by Gasteiger charge is 2.14. The number of hydrogen-bond donors (Lipinski definition) is 5. The van der Waals surface area contributed by atoms with Crippen molar-refractivity contribution in [3.63, 3.8) is 0 Å². The summed E-state index contributed by atoms with van der Waals surface area (Å²) in [4.78, 5) is 15.1. The maximum absolute atomic E-state index is 11.1. The minimum Gasteiger partial charge on any atom is -0.484 e. The summed E-state index contributed by atoms with van der Waals surface area (Å²) >= 11 is 0. The molecule has 2 rings (SSSR count). The number of carbonyl (C=O) groups excluding carboxylic acids is 1. The number of anilines is 4. The van der Waals surface area contributed by atoms with E-state index in [4.69, 9.17) is 22.0 Å². The Morgan fingerprint density at radius 1 is 1.30 bits per heavy atom. The van der Waals surface area contributed by atoms with Crippen LogP contribution in [0.1, 0.15) is 25.5 Å². The van der Waals surface area contributed by atoms with Crippen LogP contribution in [0, 0.1) is 0 Å². The zero-order valence-electron chi connectivity index (χ0n) is 13.0. The Morgan fingerprint density at radius 2 is 2.04 bits per heavy atom. The lowest BCUT2D eigenvalue weighted by Gasteiger charge is -2.18. The largest absolute Gasteiger partial charge is 0.484 e. The molecule has 1 atom stereocenters. The standard InChI is InChI=1S/C15H20N6O2/c1-8(10-4-3-5-11(6-10)19-9(2)22)23-12-7-13(16)20-15(21-18)14(12)17/h3-8H,17-18H2,1-2H3,(H,19,22)(H3,16,20,21). The number of hydrazine groups is 1. The zero-order valence-corrected chi connectivity index (χ0v) is 13.0. The van der Waals surface area contributed by atoms with Gasteiger partial charge in [-0.2, -0.15) is 0 Å². The van der Waals surface area contributed by atoms with Crippen LogP contribution in [0.3, 0.4) is 0 Å². The first-order valence-corrected chi connectivity index (χ1v) is 6.97. The molecule has 1 unspecified atom stereocenters. The molecular formula is C15H20N6O2. The van der Waals surface area contributed by atoms with Crippen molar-refractivity contribution in [3.05, 3.63) is 35.9 Å². The molecule has 1 aromatic heterocycles. The Morgan fingerprint density at radius 3 is 2.70 bits per heavy atom. The van der Waals surface area contributed by atoms with E-state index in [1.165, 1.54) is 13.0 Å². The molecule has 8 N–H and O–H groups in total. The molecule has 8 nitrogen and oxygen atoms in total. The minimum atomic E-state index is -0.321. The predicted octanol–water partition coefficient (Wildman–Crippen LogP) is 1.63. The third-order valence-corrected chi connectivity index (χ3v) is 3.16. The summed E-state index contributed by atoms with van der Waals surface area (Å²) in [6.07, 6.45) is -0.321.